The van der Waals surface area contributed by atoms with Crippen molar-refractivity contribution < 1.29 is 23.9 Å². The molecule has 2 heterocycles. The summed E-state index contributed by atoms with van der Waals surface area (Å²) in [7, 11) is 0. The third kappa shape index (κ3) is 6.46. The van der Waals surface area contributed by atoms with E-state index in [0.717, 1.165) is 49.4 Å². The van der Waals surface area contributed by atoms with Gasteiger partial charge in [-0.2, -0.15) is 5.26 Å². The molecule has 9 nitrogen and oxygen atoms in total. The number of nitrogens with zero attached hydrogens (tertiary/aromatic N) is 2. The van der Waals surface area contributed by atoms with E-state index in [-0.39, 0.29) is 11.7 Å². The van der Waals surface area contributed by atoms with Crippen molar-refractivity contribution in [3.63, 3.8) is 0 Å². The van der Waals surface area contributed by atoms with Gasteiger partial charge in [-0.1, -0.05) is 6.92 Å². The Hall–Kier alpha value is -3.12. The summed E-state index contributed by atoms with van der Waals surface area (Å²) in [5, 5.41) is 13.9. The van der Waals surface area contributed by atoms with Gasteiger partial charge in [0.2, 0.25) is 0 Å². The minimum atomic E-state index is -0.925. The second-order valence-corrected chi connectivity index (χ2v) is 7.12. The minimum Gasteiger partial charge on any atom is -0.451 e. The van der Waals surface area contributed by atoms with Crippen LogP contribution in [-0.4, -0.2) is 48.3 Å². The van der Waals surface area contributed by atoms with Crippen molar-refractivity contribution in [3.05, 3.63) is 28.6 Å². The Morgan fingerprint density at radius 1 is 1.40 bits per heavy atom. The summed E-state index contributed by atoms with van der Waals surface area (Å²) in [5.41, 5.74) is 2.41. The number of hydrogen-bond acceptors (Lipinski definition) is 6. The number of aromatic nitrogens is 1. The fourth-order valence-electron chi connectivity index (χ4n) is 3.19. The number of hydrogen-bond donors (Lipinski definition) is 2. The number of nitriles is 1. The lowest BCUT2D eigenvalue weighted by molar-refractivity contribution is -0.144. The van der Waals surface area contributed by atoms with Gasteiger partial charge in [-0.05, 0) is 50.8 Å². The summed E-state index contributed by atoms with van der Waals surface area (Å²) in [6, 6.07) is 3.04. The van der Waals surface area contributed by atoms with Gasteiger partial charge in [0.25, 0.3) is 5.91 Å². The molecule has 162 valence electrons. The highest BCUT2D eigenvalue weighted by Gasteiger charge is 2.20. The number of carbonyl (C=O) groups excluding carboxylic acids is 3. The summed E-state index contributed by atoms with van der Waals surface area (Å²) in [5.74, 6) is -1.70. The van der Waals surface area contributed by atoms with Gasteiger partial charge in [0, 0.05) is 31.1 Å². The SMILES string of the molecule is CCCNC(=O)NC(=O)COC(=O)/C(C#N)=C/c1cc(C)n(C[C@@H]2CCCO2)c1C. The topological polar surface area (TPSA) is 122 Å². The van der Waals surface area contributed by atoms with Gasteiger partial charge in [-0.3, -0.25) is 10.1 Å². The largest absolute Gasteiger partial charge is 0.451 e. The molecule has 0 aliphatic carbocycles. The number of imide groups is 1. The highest BCUT2D eigenvalue weighted by atomic mass is 16.5. The van der Waals surface area contributed by atoms with Gasteiger partial charge in [0.05, 0.1) is 6.10 Å². The number of nitrogens with one attached hydrogen (secondary N) is 2. The molecule has 30 heavy (non-hydrogen) atoms. The molecule has 0 saturated carbocycles. The molecular formula is C21H28N4O5. The molecule has 0 spiro atoms. The number of rotatable bonds is 8. The van der Waals surface area contributed by atoms with E-state index < -0.39 is 24.5 Å². The molecule has 2 N–H and O–H groups in total. The summed E-state index contributed by atoms with van der Waals surface area (Å²) in [6.07, 6.45) is 4.40. The summed E-state index contributed by atoms with van der Waals surface area (Å²) >= 11 is 0. The number of amides is 3. The molecule has 0 aromatic carbocycles. The zero-order valence-corrected chi connectivity index (χ0v) is 17.6. The van der Waals surface area contributed by atoms with Crippen molar-refractivity contribution in [2.45, 2.75) is 52.7 Å². The smallest absolute Gasteiger partial charge is 0.349 e. The van der Waals surface area contributed by atoms with Crippen LogP contribution in [0.15, 0.2) is 11.6 Å². The number of urea groups is 1. The maximum Gasteiger partial charge on any atom is 0.349 e. The zero-order chi connectivity index (χ0) is 22.1. The highest BCUT2D eigenvalue weighted by Crippen LogP contribution is 2.22. The zero-order valence-electron chi connectivity index (χ0n) is 17.6. The van der Waals surface area contributed by atoms with E-state index in [2.05, 4.69) is 9.88 Å². The molecular weight excluding hydrogens is 388 g/mol. The van der Waals surface area contributed by atoms with Crippen LogP contribution in [0.3, 0.4) is 0 Å². The summed E-state index contributed by atoms with van der Waals surface area (Å²) in [4.78, 5) is 35.3. The first-order chi connectivity index (χ1) is 14.3. The summed E-state index contributed by atoms with van der Waals surface area (Å²) < 4.78 is 12.7. The second-order valence-electron chi connectivity index (χ2n) is 7.12. The van der Waals surface area contributed by atoms with E-state index in [9.17, 15) is 19.6 Å². The van der Waals surface area contributed by atoms with Crippen molar-refractivity contribution in [2.24, 2.45) is 0 Å². The molecule has 0 unspecified atom stereocenters. The predicted molar refractivity (Wildman–Crippen MR) is 109 cm³/mol. The monoisotopic (exact) mass is 416 g/mol. The Morgan fingerprint density at radius 3 is 2.80 bits per heavy atom. The van der Waals surface area contributed by atoms with Gasteiger partial charge in [-0.15, -0.1) is 0 Å². The van der Waals surface area contributed by atoms with Crippen LogP contribution in [0.2, 0.25) is 0 Å². The van der Waals surface area contributed by atoms with E-state index in [1.807, 2.05) is 38.2 Å². The lowest BCUT2D eigenvalue weighted by Crippen LogP contribution is -2.41. The summed E-state index contributed by atoms with van der Waals surface area (Å²) in [6.45, 7) is 7.00. The highest BCUT2D eigenvalue weighted by molar-refractivity contribution is 6.00. The minimum absolute atomic E-state index is 0.167. The number of esters is 1. The second kappa shape index (κ2) is 11.2. The number of ether oxygens (including phenoxy) is 2. The molecule has 0 bridgehead atoms. The van der Waals surface area contributed by atoms with E-state index in [4.69, 9.17) is 9.47 Å². The standard InChI is InChI=1S/C21H28N4O5/c1-4-7-23-21(28)24-19(26)13-30-20(27)17(11-22)10-16-9-14(2)25(15(16)3)12-18-6-5-8-29-18/h9-10,18H,4-8,12-13H2,1-3H3,(H2,23,24,26,28)/b17-10+/t18-/m0/s1. The third-order valence-electron chi connectivity index (χ3n) is 4.79. The van der Waals surface area contributed by atoms with Crippen molar-refractivity contribution in [2.75, 3.05) is 19.8 Å². The van der Waals surface area contributed by atoms with Crippen molar-refractivity contribution in [1.29, 1.82) is 5.26 Å². The van der Waals surface area contributed by atoms with Gasteiger partial charge >= 0.3 is 12.0 Å². The van der Waals surface area contributed by atoms with Gasteiger partial charge < -0.3 is 19.4 Å². The lowest BCUT2D eigenvalue weighted by Gasteiger charge is -2.14. The first-order valence-corrected chi connectivity index (χ1v) is 10.0. The molecule has 1 atom stereocenters. The van der Waals surface area contributed by atoms with E-state index >= 15 is 0 Å². The van der Waals surface area contributed by atoms with Crippen LogP contribution in [0.5, 0.6) is 0 Å². The quantitative estimate of drug-likeness (QED) is 0.379. The molecule has 1 saturated heterocycles. The van der Waals surface area contributed by atoms with Crippen LogP contribution in [0, 0.1) is 25.2 Å². The third-order valence-corrected chi connectivity index (χ3v) is 4.79. The molecule has 1 aliphatic heterocycles. The van der Waals surface area contributed by atoms with Crippen molar-refractivity contribution in [3.8, 4) is 6.07 Å². The Kier molecular flexibility index (Phi) is 8.62. The van der Waals surface area contributed by atoms with Gasteiger partial charge in [0.1, 0.15) is 11.6 Å². The molecule has 1 fully saturated rings. The Bertz CT molecular complexity index is 859. The number of aryl methyl sites for hydroxylation is 1. The van der Waals surface area contributed by atoms with Crippen LogP contribution in [0.4, 0.5) is 4.79 Å². The normalized spacial score (nSPS) is 16.1. The average molecular weight is 416 g/mol. The molecule has 9 heteroatoms. The fraction of sp³-hybridized carbons (Fsp3) is 0.524. The van der Waals surface area contributed by atoms with Crippen LogP contribution in [0.1, 0.15) is 43.1 Å². The molecule has 1 aliphatic rings. The Morgan fingerprint density at radius 2 is 2.17 bits per heavy atom. The van der Waals surface area contributed by atoms with Crippen LogP contribution in [-0.2, 0) is 25.6 Å². The maximum atomic E-state index is 12.2. The van der Waals surface area contributed by atoms with Gasteiger partial charge in [-0.25, -0.2) is 9.59 Å². The van der Waals surface area contributed by atoms with Crippen LogP contribution in [0.25, 0.3) is 6.08 Å². The Labute approximate surface area is 176 Å². The molecule has 0 radical (unpaired) electrons. The van der Waals surface area contributed by atoms with E-state index in [1.165, 1.54) is 6.08 Å². The Balaban J connectivity index is 1.99. The average Bonchev–Trinajstić information content (AvgIpc) is 3.32. The molecule has 1 aromatic rings. The fourth-order valence-corrected chi connectivity index (χ4v) is 3.19. The van der Waals surface area contributed by atoms with Crippen molar-refractivity contribution in [1.82, 2.24) is 15.2 Å². The first kappa shape index (κ1) is 23.2. The van der Waals surface area contributed by atoms with E-state index in [1.54, 1.807) is 0 Å². The van der Waals surface area contributed by atoms with Crippen molar-refractivity contribution >= 4 is 24.0 Å². The van der Waals surface area contributed by atoms with Crippen LogP contribution >= 0.6 is 0 Å². The molecule has 1 aromatic heterocycles. The first-order valence-electron chi connectivity index (χ1n) is 10.0. The molecule has 3 amide bonds. The number of carbonyl (C=O) groups is 3. The molecule has 2 rings (SSSR count). The predicted octanol–water partition coefficient (Wildman–Crippen LogP) is 1.97. The van der Waals surface area contributed by atoms with Gasteiger partial charge in [0.15, 0.2) is 6.61 Å². The van der Waals surface area contributed by atoms with Crippen LogP contribution < -0.4 is 10.6 Å². The maximum absolute atomic E-state index is 12.2. The lowest BCUT2D eigenvalue weighted by atomic mass is 10.1. The van der Waals surface area contributed by atoms with E-state index in [0.29, 0.717) is 6.54 Å².